The van der Waals surface area contributed by atoms with Crippen LogP contribution in [0.3, 0.4) is 0 Å². The molecule has 3 rings (SSSR count). The molecule has 4 nitrogen and oxygen atoms in total. The maximum Gasteiger partial charge on any atom is 0.451 e. The summed E-state index contributed by atoms with van der Waals surface area (Å²) < 4.78 is 51.9. The summed E-state index contributed by atoms with van der Waals surface area (Å²) in [4.78, 5) is 9.75. The summed E-state index contributed by atoms with van der Waals surface area (Å²) in [6, 6.07) is 5.33. The molecule has 0 atom stereocenters. The highest BCUT2D eigenvalue weighted by atomic mass is 35.5. The third-order valence-electron chi connectivity index (χ3n) is 3.06. The standard InChI is InChI=1S/C14H9ClF4N4/c1-6-4-8-11(20-6)22-13(14(17,18)19)23-12(8)21-7-2-3-10(16)9(15)5-7/h2-5H,1H3,(H2,20,21,22,23). The summed E-state index contributed by atoms with van der Waals surface area (Å²) in [5, 5.41) is 2.95. The summed E-state index contributed by atoms with van der Waals surface area (Å²) in [6.07, 6.45) is -4.69. The number of H-pyrrole nitrogens is 1. The Hall–Kier alpha value is -2.35. The molecule has 9 heteroatoms. The van der Waals surface area contributed by atoms with Gasteiger partial charge in [0.05, 0.1) is 10.4 Å². The van der Waals surface area contributed by atoms with Gasteiger partial charge in [0, 0.05) is 11.4 Å². The Bertz CT molecular complexity index is 888. The van der Waals surface area contributed by atoms with Crippen LogP contribution in [-0.2, 0) is 6.18 Å². The molecule has 0 aliphatic heterocycles. The van der Waals surface area contributed by atoms with E-state index < -0.39 is 17.8 Å². The van der Waals surface area contributed by atoms with Crippen LogP contribution in [-0.4, -0.2) is 15.0 Å². The molecule has 2 aromatic heterocycles. The topological polar surface area (TPSA) is 53.6 Å². The monoisotopic (exact) mass is 344 g/mol. The fourth-order valence-corrected chi connectivity index (χ4v) is 2.25. The second-order valence-corrected chi connectivity index (χ2v) is 5.27. The molecule has 3 aromatic rings. The van der Waals surface area contributed by atoms with E-state index in [-0.39, 0.29) is 16.5 Å². The predicted molar refractivity (Wildman–Crippen MR) is 78.3 cm³/mol. The van der Waals surface area contributed by atoms with Gasteiger partial charge in [-0.3, -0.25) is 0 Å². The molecular formula is C14H9ClF4N4. The van der Waals surface area contributed by atoms with Crippen molar-refractivity contribution >= 4 is 34.1 Å². The fourth-order valence-electron chi connectivity index (χ4n) is 2.07. The van der Waals surface area contributed by atoms with E-state index in [2.05, 4.69) is 20.3 Å². The van der Waals surface area contributed by atoms with E-state index in [9.17, 15) is 17.6 Å². The Kier molecular flexibility index (Phi) is 3.63. The number of aryl methyl sites for hydroxylation is 1. The highest BCUT2D eigenvalue weighted by molar-refractivity contribution is 6.31. The first-order valence-electron chi connectivity index (χ1n) is 6.40. The minimum Gasteiger partial charge on any atom is -0.343 e. The number of rotatable bonds is 2. The first-order chi connectivity index (χ1) is 10.7. The molecule has 23 heavy (non-hydrogen) atoms. The van der Waals surface area contributed by atoms with Gasteiger partial charge >= 0.3 is 6.18 Å². The van der Waals surface area contributed by atoms with Crippen molar-refractivity contribution in [2.24, 2.45) is 0 Å². The molecule has 0 radical (unpaired) electrons. The van der Waals surface area contributed by atoms with Gasteiger partial charge in [-0.25, -0.2) is 14.4 Å². The zero-order valence-electron chi connectivity index (χ0n) is 11.6. The number of fused-ring (bicyclic) bond motifs is 1. The number of alkyl halides is 3. The summed E-state index contributed by atoms with van der Waals surface area (Å²) in [6.45, 7) is 1.69. The van der Waals surface area contributed by atoms with Crippen LogP contribution in [0.2, 0.25) is 5.02 Å². The summed E-state index contributed by atoms with van der Waals surface area (Å²) in [7, 11) is 0. The zero-order valence-corrected chi connectivity index (χ0v) is 12.3. The van der Waals surface area contributed by atoms with Crippen LogP contribution in [0.15, 0.2) is 24.3 Å². The van der Waals surface area contributed by atoms with E-state index in [1.165, 1.54) is 12.1 Å². The first kappa shape index (κ1) is 15.5. The number of aromatic amines is 1. The highest BCUT2D eigenvalue weighted by Gasteiger charge is 2.36. The van der Waals surface area contributed by atoms with Crippen molar-refractivity contribution in [1.29, 1.82) is 0 Å². The molecule has 0 saturated carbocycles. The van der Waals surface area contributed by atoms with E-state index in [0.29, 0.717) is 16.8 Å². The molecule has 0 spiro atoms. The molecule has 0 aliphatic rings. The van der Waals surface area contributed by atoms with Crippen LogP contribution in [0, 0.1) is 12.7 Å². The van der Waals surface area contributed by atoms with Gasteiger partial charge in [0.25, 0.3) is 0 Å². The first-order valence-corrected chi connectivity index (χ1v) is 6.78. The molecule has 0 aliphatic carbocycles. The van der Waals surface area contributed by atoms with E-state index in [1.807, 2.05) is 0 Å². The van der Waals surface area contributed by atoms with E-state index in [0.717, 1.165) is 6.07 Å². The molecule has 0 amide bonds. The Morgan fingerprint density at radius 2 is 1.91 bits per heavy atom. The molecule has 2 N–H and O–H groups in total. The minimum absolute atomic E-state index is 0.0469. The van der Waals surface area contributed by atoms with Crippen LogP contribution in [0.5, 0.6) is 0 Å². The number of hydrogen-bond donors (Lipinski definition) is 2. The van der Waals surface area contributed by atoms with Crippen LogP contribution in [0.1, 0.15) is 11.5 Å². The Morgan fingerprint density at radius 3 is 2.57 bits per heavy atom. The number of aromatic nitrogens is 3. The van der Waals surface area contributed by atoms with Gasteiger partial charge in [-0.15, -0.1) is 0 Å². The molecule has 2 heterocycles. The number of benzene rings is 1. The highest BCUT2D eigenvalue weighted by Crippen LogP contribution is 2.32. The van der Waals surface area contributed by atoms with Crippen LogP contribution in [0.4, 0.5) is 29.1 Å². The lowest BCUT2D eigenvalue weighted by Gasteiger charge is -2.11. The zero-order chi connectivity index (χ0) is 16.8. The van der Waals surface area contributed by atoms with Crippen LogP contribution < -0.4 is 5.32 Å². The van der Waals surface area contributed by atoms with Gasteiger partial charge in [0.15, 0.2) is 0 Å². The van der Waals surface area contributed by atoms with Crippen molar-refractivity contribution in [2.45, 2.75) is 13.1 Å². The quantitative estimate of drug-likeness (QED) is 0.655. The summed E-state index contributed by atoms with van der Waals surface area (Å²) >= 11 is 5.67. The fraction of sp³-hybridized carbons (Fsp3) is 0.143. The number of nitrogens with one attached hydrogen (secondary N) is 2. The molecule has 0 fully saturated rings. The lowest BCUT2D eigenvalue weighted by Crippen LogP contribution is -2.12. The third-order valence-corrected chi connectivity index (χ3v) is 3.35. The lowest BCUT2D eigenvalue weighted by atomic mass is 10.3. The number of anilines is 2. The number of nitrogens with zero attached hydrogens (tertiary/aromatic N) is 2. The molecule has 0 saturated heterocycles. The Labute approximate surface area is 132 Å². The van der Waals surface area contributed by atoms with Gasteiger partial charge in [0.1, 0.15) is 17.3 Å². The van der Waals surface area contributed by atoms with Crippen molar-refractivity contribution in [3.8, 4) is 0 Å². The van der Waals surface area contributed by atoms with E-state index in [1.54, 1.807) is 13.0 Å². The maximum atomic E-state index is 13.2. The van der Waals surface area contributed by atoms with Crippen molar-refractivity contribution in [3.63, 3.8) is 0 Å². The van der Waals surface area contributed by atoms with Crippen molar-refractivity contribution in [1.82, 2.24) is 15.0 Å². The molecule has 1 aromatic carbocycles. The Balaban J connectivity index is 2.12. The molecular weight excluding hydrogens is 336 g/mol. The lowest BCUT2D eigenvalue weighted by molar-refractivity contribution is -0.144. The molecule has 120 valence electrons. The third kappa shape index (κ3) is 3.07. The van der Waals surface area contributed by atoms with E-state index >= 15 is 0 Å². The van der Waals surface area contributed by atoms with Crippen molar-refractivity contribution in [2.75, 3.05) is 5.32 Å². The smallest absolute Gasteiger partial charge is 0.343 e. The van der Waals surface area contributed by atoms with Gasteiger partial charge in [-0.2, -0.15) is 13.2 Å². The normalized spacial score (nSPS) is 11.9. The number of halogens is 5. The molecule has 0 bridgehead atoms. The predicted octanol–water partition coefficient (Wildman–Crippen LogP) is 4.82. The summed E-state index contributed by atoms with van der Waals surface area (Å²) in [5.41, 5.74) is 0.998. The van der Waals surface area contributed by atoms with Gasteiger partial charge in [0.2, 0.25) is 5.82 Å². The second-order valence-electron chi connectivity index (χ2n) is 4.86. The maximum absolute atomic E-state index is 13.2. The average molecular weight is 345 g/mol. The van der Waals surface area contributed by atoms with Crippen molar-refractivity contribution < 1.29 is 17.6 Å². The van der Waals surface area contributed by atoms with Crippen molar-refractivity contribution in [3.05, 3.63) is 46.6 Å². The van der Waals surface area contributed by atoms with Crippen LogP contribution in [0.25, 0.3) is 11.0 Å². The number of hydrogen-bond acceptors (Lipinski definition) is 3. The van der Waals surface area contributed by atoms with Gasteiger partial charge < -0.3 is 10.3 Å². The summed E-state index contributed by atoms with van der Waals surface area (Å²) in [5.74, 6) is -1.95. The minimum atomic E-state index is -4.69. The largest absolute Gasteiger partial charge is 0.451 e. The van der Waals surface area contributed by atoms with Crippen LogP contribution >= 0.6 is 11.6 Å². The second kappa shape index (κ2) is 5.38. The Morgan fingerprint density at radius 1 is 1.17 bits per heavy atom. The van der Waals surface area contributed by atoms with Gasteiger partial charge in [-0.1, -0.05) is 11.6 Å². The average Bonchev–Trinajstić information content (AvgIpc) is 2.82. The van der Waals surface area contributed by atoms with Gasteiger partial charge in [-0.05, 0) is 31.2 Å². The SMILES string of the molecule is Cc1cc2c(Nc3ccc(F)c(Cl)c3)nc(C(F)(F)F)nc2[nH]1. The molecule has 0 unspecified atom stereocenters. The van der Waals surface area contributed by atoms with E-state index in [4.69, 9.17) is 11.6 Å².